The van der Waals surface area contributed by atoms with Crippen LogP contribution in [0.2, 0.25) is 0 Å². The molecule has 2 N–H and O–H groups in total. The molecule has 0 atom stereocenters. The minimum atomic E-state index is -0.451. The van der Waals surface area contributed by atoms with Crippen molar-refractivity contribution in [2.45, 2.75) is 13.8 Å². The normalized spacial score (nSPS) is 10.2. The summed E-state index contributed by atoms with van der Waals surface area (Å²) >= 11 is 0. The Morgan fingerprint density at radius 3 is 2.69 bits per heavy atom. The maximum atomic E-state index is 11.4. The Balaban J connectivity index is 2.90. The Morgan fingerprint density at radius 2 is 2.12 bits per heavy atom. The molecular formula is C12H17NO3. The summed E-state index contributed by atoms with van der Waals surface area (Å²) in [5, 5.41) is 0. The number of carbonyl (C=O) groups is 1. The van der Waals surface area contributed by atoms with Crippen molar-refractivity contribution in [3.8, 4) is 5.75 Å². The number of hydrogen-bond donors (Lipinski definition) is 1. The molecule has 0 saturated carbocycles. The molecular weight excluding hydrogens is 206 g/mol. The van der Waals surface area contributed by atoms with E-state index in [0.717, 1.165) is 0 Å². The molecule has 0 fully saturated rings. The average molecular weight is 223 g/mol. The summed E-state index contributed by atoms with van der Waals surface area (Å²) in [6.07, 6.45) is 0. The first-order valence-corrected chi connectivity index (χ1v) is 5.15. The first-order chi connectivity index (χ1) is 7.56. The van der Waals surface area contributed by atoms with Gasteiger partial charge in [-0.05, 0) is 18.1 Å². The Bertz CT molecular complexity index is 375. The van der Waals surface area contributed by atoms with E-state index in [2.05, 4.69) is 4.74 Å². The van der Waals surface area contributed by atoms with Crippen LogP contribution in [0.5, 0.6) is 5.75 Å². The molecule has 16 heavy (non-hydrogen) atoms. The first-order valence-electron chi connectivity index (χ1n) is 5.15. The lowest BCUT2D eigenvalue weighted by atomic mass is 10.1. The monoisotopic (exact) mass is 223 g/mol. The van der Waals surface area contributed by atoms with Gasteiger partial charge in [0.2, 0.25) is 0 Å². The topological polar surface area (TPSA) is 61.5 Å². The summed E-state index contributed by atoms with van der Waals surface area (Å²) in [5.41, 5.74) is 6.49. The third-order valence-electron chi connectivity index (χ3n) is 2.04. The average Bonchev–Trinajstić information content (AvgIpc) is 2.26. The van der Waals surface area contributed by atoms with Crippen LogP contribution in [0, 0.1) is 5.92 Å². The lowest BCUT2D eigenvalue weighted by Crippen LogP contribution is -2.10. The predicted octanol–water partition coefficient (Wildman–Crippen LogP) is 2.09. The van der Waals surface area contributed by atoms with Crippen LogP contribution in [-0.2, 0) is 4.74 Å². The number of nitrogen functional groups attached to an aromatic ring is 1. The van der Waals surface area contributed by atoms with Crippen molar-refractivity contribution in [2.75, 3.05) is 19.5 Å². The third-order valence-corrected chi connectivity index (χ3v) is 2.04. The molecule has 0 radical (unpaired) electrons. The largest absolute Gasteiger partial charge is 0.491 e. The number of anilines is 1. The SMILES string of the molecule is COC(=O)c1cccc(OCC(C)C)c1N. The van der Waals surface area contributed by atoms with E-state index in [-0.39, 0.29) is 0 Å². The molecule has 4 nitrogen and oxygen atoms in total. The van der Waals surface area contributed by atoms with Crippen molar-refractivity contribution >= 4 is 11.7 Å². The van der Waals surface area contributed by atoms with E-state index in [9.17, 15) is 4.79 Å². The highest BCUT2D eigenvalue weighted by molar-refractivity contribution is 5.96. The second-order valence-corrected chi connectivity index (χ2v) is 3.91. The second kappa shape index (κ2) is 5.39. The quantitative estimate of drug-likeness (QED) is 0.627. The number of rotatable bonds is 4. The van der Waals surface area contributed by atoms with Gasteiger partial charge in [-0.1, -0.05) is 19.9 Å². The number of esters is 1. The fourth-order valence-corrected chi connectivity index (χ4v) is 1.21. The number of para-hydroxylation sites is 1. The molecule has 1 aromatic rings. The first kappa shape index (κ1) is 12.4. The number of benzene rings is 1. The lowest BCUT2D eigenvalue weighted by molar-refractivity contribution is 0.0601. The van der Waals surface area contributed by atoms with Crippen molar-refractivity contribution in [1.82, 2.24) is 0 Å². The molecule has 0 saturated heterocycles. The van der Waals surface area contributed by atoms with E-state index >= 15 is 0 Å². The number of methoxy groups -OCH3 is 1. The van der Waals surface area contributed by atoms with Gasteiger partial charge in [0.1, 0.15) is 5.75 Å². The maximum Gasteiger partial charge on any atom is 0.340 e. The minimum absolute atomic E-state index is 0.329. The zero-order chi connectivity index (χ0) is 12.1. The highest BCUT2D eigenvalue weighted by atomic mass is 16.5. The number of ether oxygens (including phenoxy) is 2. The Morgan fingerprint density at radius 1 is 1.44 bits per heavy atom. The Kier molecular flexibility index (Phi) is 4.17. The van der Waals surface area contributed by atoms with E-state index in [1.807, 2.05) is 13.8 Å². The highest BCUT2D eigenvalue weighted by Gasteiger charge is 2.13. The summed E-state index contributed by atoms with van der Waals surface area (Å²) in [7, 11) is 1.32. The molecule has 0 aliphatic carbocycles. The van der Waals surface area contributed by atoms with Gasteiger partial charge in [-0.2, -0.15) is 0 Å². The number of hydrogen-bond acceptors (Lipinski definition) is 4. The molecule has 0 spiro atoms. The van der Waals surface area contributed by atoms with Crippen LogP contribution in [-0.4, -0.2) is 19.7 Å². The Labute approximate surface area is 95.3 Å². The van der Waals surface area contributed by atoms with Crippen LogP contribution >= 0.6 is 0 Å². The van der Waals surface area contributed by atoms with E-state index in [4.69, 9.17) is 10.5 Å². The maximum absolute atomic E-state index is 11.4. The van der Waals surface area contributed by atoms with E-state index in [0.29, 0.717) is 29.5 Å². The molecule has 4 heteroatoms. The van der Waals surface area contributed by atoms with Crippen molar-refractivity contribution in [3.63, 3.8) is 0 Å². The molecule has 0 amide bonds. The standard InChI is InChI=1S/C12H17NO3/c1-8(2)7-16-10-6-4-5-9(11(10)13)12(14)15-3/h4-6,8H,7,13H2,1-3H3. The summed E-state index contributed by atoms with van der Waals surface area (Å²) in [6, 6.07) is 5.08. The van der Waals surface area contributed by atoms with Crippen molar-refractivity contribution in [3.05, 3.63) is 23.8 Å². The Hall–Kier alpha value is -1.71. The van der Waals surface area contributed by atoms with Crippen LogP contribution in [0.3, 0.4) is 0 Å². The zero-order valence-corrected chi connectivity index (χ0v) is 9.82. The summed E-state index contributed by atoms with van der Waals surface area (Å²) in [5.74, 6) is 0.477. The van der Waals surface area contributed by atoms with Gasteiger partial charge in [-0.3, -0.25) is 0 Å². The van der Waals surface area contributed by atoms with Gasteiger partial charge in [0.25, 0.3) is 0 Å². The van der Waals surface area contributed by atoms with Crippen LogP contribution in [0.15, 0.2) is 18.2 Å². The molecule has 0 bridgehead atoms. The highest BCUT2D eigenvalue weighted by Crippen LogP contribution is 2.26. The van der Waals surface area contributed by atoms with Crippen LogP contribution < -0.4 is 10.5 Å². The third kappa shape index (κ3) is 2.89. The molecule has 0 aliphatic heterocycles. The van der Waals surface area contributed by atoms with Crippen LogP contribution in [0.25, 0.3) is 0 Å². The zero-order valence-electron chi connectivity index (χ0n) is 9.82. The van der Waals surface area contributed by atoms with Gasteiger partial charge in [-0.25, -0.2) is 4.79 Å². The second-order valence-electron chi connectivity index (χ2n) is 3.91. The molecule has 88 valence electrons. The molecule has 0 aliphatic rings. The van der Waals surface area contributed by atoms with Crippen LogP contribution in [0.4, 0.5) is 5.69 Å². The molecule has 0 unspecified atom stereocenters. The molecule has 0 heterocycles. The van der Waals surface area contributed by atoms with Crippen molar-refractivity contribution in [1.29, 1.82) is 0 Å². The van der Waals surface area contributed by atoms with Gasteiger partial charge < -0.3 is 15.2 Å². The van der Waals surface area contributed by atoms with E-state index in [1.54, 1.807) is 18.2 Å². The predicted molar refractivity (Wildman–Crippen MR) is 62.5 cm³/mol. The van der Waals surface area contributed by atoms with E-state index < -0.39 is 5.97 Å². The number of carbonyl (C=O) groups excluding carboxylic acids is 1. The van der Waals surface area contributed by atoms with Gasteiger partial charge in [0.05, 0.1) is 25.0 Å². The molecule has 0 aromatic heterocycles. The van der Waals surface area contributed by atoms with Gasteiger partial charge >= 0.3 is 5.97 Å². The van der Waals surface area contributed by atoms with Crippen LogP contribution in [0.1, 0.15) is 24.2 Å². The van der Waals surface area contributed by atoms with Crippen molar-refractivity contribution < 1.29 is 14.3 Å². The fourth-order valence-electron chi connectivity index (χ4n) is 1.21. The fraction of sp³-hybridized carbons (Fsp3) is 0.417. The summed E-state index contributed by atoms with van der Waals surface area (Å²) in [4.78, 5) is 11.4. The van der Waals surface area contributed by atoms with Gasteiger partial charge in [0.15, 0.2) is 0 Å². The lowest BCUT2D eigenvalue weighted by Gasteiger charge is -2.12. The molecule has 1 rings (SSSR count). The van der Waals surface area contributed by atoms with Gasteiger partial charge in [-0.15, -0.1) is 0 Å². The van der Waals surface area contributed by atoms with Gasteiger partial charge in [0, 0.05) is 0 Å². The smallest absolute Gasteiger partial charge is 0.340 e. The summed E-state index contributed by atoms with van der Waals surface area (Å²) < 4.78 is 10.1. The summed E-state index contributed by atoms with van der Waals surface area (Å²) in [6.45, 7) is 4.65. The van der Waals surface area contributed by atoms with E-state index in [1.165, 1.54) is 7.11 Å². The minimum Gasteiger partial charge on any atom is -0.491 e. The molecule has 1 aromatic carbocycles. The number of nitrogens with two attached hydrogens (primary N) is 1. The van der Waals surface area contributed by atoms with Crippen molar-refractivity contribution in [2.24, 2.45) is 5.92 Å².